The molecule has 1 aliphatic heterocycles. The van der Waals surface area contributed by atoms with Crippen LogP contribution < -0.4 is 0 Å². The molecule has 2 rings (SSSR count). The Hall–Kier alpha value is -1.61. The van der Waals surface area contributed by atoms with Gasteiger partial charge in [0, 0.05) is 19.2 Å². The smallest absolute Gasteiger partial charge is 0.246 e. The van der Waals surface area contributed by atoms with E-state index in [2.05, 4.69) is 50.1 Å². The van der Waals surface area contributed by atoms with Gasteiger partial charge in [0.25, 0.3) is 0 Å². The Morgan fingerprint density at radius 3 is 2.36 bits per heavy atom. The van der Waals surface area contributed by atoms with Gasteiger partial charge >= 0.3 is 0 Å². The first kappa shape index (κ1) is 16.8. The maximum absolute atomic E-state index is 12.3. The fraction of sp³-hybridized carbons (Fsp3) is 0.526. The molecule has 1 amide bonds. The van der Waals surface area contributed by atoms with Crippen molar-refractivity contribution in [3.63, 3.8) is 0 Å². The van der Waals surface area contributed by atoms with Crippen molar-refractivity contribution < 1.29 is 4.79 Å². The van der Waals surface area contributed by atoms with Gasteiger partial charge in [-0.05, 0) is 56.1 Å². The van der Waals surface area contributed by atoms with Crippen LogP contribution in [0.25, 0.3) is 6.08 Å². The maximum atomic E-state index is 12.3. The number of carbonyl (C=O) groups excluding carboxylic acids is 1. The fourth-order valence-electron chi connectivity index (χ4n) is 2.84. The predicted molar refractivity (Wildman–Crippen MR) is 92.9 cm³/mol. The zero-order chi connectivity index (χ0) is 16.1. The largest absolute Gasteiger partial charge is 0.339 e. The van der Waals surface area contributed by atoms with E-state index in [1.165, 1.54) is 5.56 Å². The summed E-state index contributed by atoms with van der Waals surface area (Å²) in [5.74, 6) is 0.637. The maximum Gasteiger partial charge on any atom is 0.246 e. The highest BCUT2D eigenvalue weighted by atomic mass is 16.2. The number of amides is 1. The van der Waals surface area contributed by atoms with E-state index < -0.39 is 0 Å². The van der Waals surface area contributed by atoms with Gasteiger partial charge in [0.15, 0.2) is 0 Å². The number of benzene rings is 1. The summed E-state index contributed by atoms with van der Waals surface area (Å²) < 4.78 is 0. The SMILES string of the molecule is CC(C)c1ccc(/C=C/C(=O)N(C)C2CCN(C)CC2)cc1. The Kier molecular flexibility index (Phi) is 5.78. The Labute approximate surface area is 134 Å². The van der Waals surface area contributed by atoms with Gasteiger partial charge in [-0.1, -0.05) is 38.1 Å². The molecule has 3 heteroatoms. The molecule has 1 aromatic carbocycles. The van der Waals surface area contributed by atoms with Crippen LogP contribution in [0.3, 0.4) is 0 Å². The van der Waals surface area contributed by atoms with Crippen LogP contribution in [0.1, 0.15) is 43.7 Å². The van der Waals surface area contributed by atoms with Crippen molar-refractivity contribution >= 4 is 12.0 Å². The summed E-state index contributed by atoms with van der Waals surface area (Å²) >= 11 is 0. The van der Waals surface area contributed by atoms with E-state index in [1.54, 1.807) is 6.08 Å². The molecule has 0 aliphatic carbocycles. The lowest BCUT2D eigenvalue weighted by atomic mass is 10.0. The first-order valence-electron chi connectivity index (χ1n) is 8.20. The lowest BCUT2D eigenvalue weighted by molar-refractivity contribution is -0.127. The third-order valence-corrected chi connectivity index (χ3v) is 4.60. The van der Waals surface area contributed by atoms with Gasteiger partial charge in [-0.2, -0.15) is 0 Å². The van der Waals surface area contributed by atoms with Gasteiger partial charge in [0.1, 0.15) is 0 Å². The van der Waals surface area contributed by atoms with E-state index >= 15 is 0 Å². The second-order valence-electron chi connectivity index (χ2n) is 6.64. The fourth-order valence-corrected chi connectivity index (χ4v) is 2.84. The van der Waals surface area contributed by atoms with Crippen molar-refractivity contribution in [3.05, 3.63) is 41.5 Å². The van der Waals surface area contributed by atoms with Crippen LogP contribution >= 0.6 is 0 Å². The van der Waals surface area contributed by atoms with Crippen molar-refractivity contribution in [3.8, 4) is 0 Å². The molecule has 1 aromatic rings. The zero-order valence-corrected chi connectivity index (χ0v) is 14.2. The summed E-state index contributed by atoms with van der Waals surface area (Å²) in [5, 5.41) is 0. The van der Waals surface area contributed by atoms with Crippen molar-refractivity contribution in [2.75, 3.05) is 27.2 Å². The molecule has 1 fully saturated rings. The summed E-state index contributed by atoms with van der Waals surface area (Å²) in [4.78, 5) is 16.5. The van der Waals surface area contributed by atoms with Crippen LogP contribution in [0.5, 0.6) is 0 Å². The van der Waals surface area contributed by atoms with Crippen LogP contribution in [0.2, 0.25) is 0 Å². The number of rotatable bonds is 4. The summed E-state index contributed by atoms with van der Waals surface area (Å²) in [7, 11) is 4.06. The second kappa shape index (κ2) is 7.59. The molecule has 1 saturated heterocycles. The summed E-state index contributed by atoms with van der Waals surface area (Å²) in [5.41, 5.74) is 2.40. The van der Waals surface area contributed by atoms with Crippen LogP contribution in [0.4, 0.5) is 0 Å². The minimum absolute atomic E-state index is 0.0995. The first-order chi connectivity index (χ1) is 10.5. The standard InChI is InChI=1S/C19H28N2O/c1-15(2)17-8-5-16(6-9-17)7-10-19(22)21(4)18-11-13-20(3)14-12-18/h5-10,15,18H,11-14H2,1-4H3/b10-7+. The number of piperidine rings is 1. The molecule has 0 atom stereocenters. The lowest BCUT2D eigenvalue weighted by Gasteiger charge is -2.34. The molecule has 1 heterocycles. The topological polar surface area (TPSA) is 23.6 Å². The average molecular weight is 300 g/mol. The number of hydrogen-bond donors (Lipinski definition) is 0. The van der Waals surface area contributed by atoms with E-state index in [-0.39, 0.29) is 5.91 Å². The predicted octanol–water partition coefficient (Wildman–Crippen LogP) is 3.38. The van der Waals surface area contributed by atoms with Crippen LogP contribution in [-0.2, 0) is 4.79 Å². The average Bonchev–Trinajstić information content (AvgIpc) is 2.53. The van der Waals surface area contributed by atoms with Gasteiger partial charge in [-0.25, -0.2) is 0 Å². The molecule has 0 radical (unpaired) electrons. The molecule has 22 heavy (non-hydrogen) atoms. The molecular weight excluding hydrogens is 272 g/mol. The van der Waals surface area contributed by atoms with Crippen molar-refractivity contribution in [2.45, 2.75) is 38.6 Å². The van der Waals surface area contributed by atoms with Crippen LogP contribution in [-0.4, -0.2) is 48.9 Å². The van der Waals surface area contributed by atoms with Crippen LogP contribution in [0, 0.1) is 0 Å². The molecule has 120 valence electrons. The highest BCUT2D eigenvalue weighted by molar-refractivity contribution is 5.91. The molecular formula is C19H28N2O. The van der Waals surface area contributed by atoms with E-state index in [9.17, 15) is 4.79 Å². The Morgan fingerprint density at radius 2 is 1.82 bits per heavy atom. The molecule has 0 saturated carbocycles. The van der Waals surface area contributed by atoms with Crippen molar-refractivity contribution in [1.29, 1.82) is 0 Å². The van der Waals surface area contributed by atoms with Gasteiger partial charge in [-0.3, -0.25) is 4.79 Å². The van der Waals surface area contributed by atoms with Crippen molar-refractivity contribution in [1.82, 2.24) is 9.80 Å². The number of nitrogens with zero attached hydrogens (tertiary/aromatic N) is 2. The van der Waals surface area contributed by atoms with E-state index in [1.807, 2.05) is 18.0 Å². The Morgan fingerprint density at radius 1 is 1.23 bits per heavy atom. The van der Waals surface area contributed by atoms with Gasteiger partial charge in [0.2, 0.25) is 5.91 Å². The molecule has 3 nitrogen and oxygen atoms in total. The summed E-state index contributed by atoms with van der Waals surface area (Å²) in [6.45, 7) is 6.52. The van der Waals surface area contributed by atoms with E-state index in [0.717, 1.165) is 31.5 Å². The number of hydrogen-bond acceptors (Lipinski definition) is 2. The monoisotopic (exact) mass is 300 g/mol. The minimum atomic E-state index is 0.0995. The minimum Gasteiger partial charge on any atom is -0.339 e. The first-order valence-corrected chi connectivity index (χ1v) is 8.20. The highest BCUT2D eigenvalue weighted by Gasteiger charge is 2.22. The molecule has 0 aromatic heterocycles. The summed E-state index contributed by atoms with van der Waals surface area (Å²) in [6.07, 6.45) is 5.74. The number of carbonyl (C=O) groups is 1. The second-order valence-corrected chi connectivity index (χ2v) is 6.64. The van der Waals surface area contributed by atoms with Gasteiger partial charge < -0.3 is 9.80 Å². The molecule has 0 bridgehead atoms. The molecule has 0 N–H and O–H groups in total. The van der Waals surface area contributed by atoms with Gasteiger partial charge in [0.05, 0.1) is 0 Å². The normalized spacial score (nSPS) is 17.3. The molecule has 1 aliphatic rings. The molecule has 0 unspecified atom stereocenters. The van der Waals surface area contributed by atoms with Gasteiger partial charge in [-0.15, -0.1) is 0 Å². The quantitative estimate of drug-likeness (QED) is 0.796. The number of likely N-dealkylation sites (tertiary alicyclic amines) is 1. The Balaban J connectivity index is 1.92. The van der Waals surface area contributed by atoms with Crippen LogP contribution in [0.15, 0.2) is 30.3 Å². The lowest BCUT2D eigenvalue weighted by Crippen LogP contribution is -2.43. The van der Waals surface area contributed by atoms with E-state index in [4.69, 9.17) is 0 Å². The molecule has 0 spiro atoms. The number of likely N-dealkylation sites (N-methyl/N-ethyl adjacent to an activating group) is 1. The van der Waals surface area contributed by atoms with Crippen molar-refractivity contribution in [2.24, 2.45) is 0 Å². The highest BCUT2D eigenvalue weighted by Crippen LogP contribution is 2.17. The zero-order valence-electron chi connectivity index (χ0n) is 14.2. The third-order valence-electron chi connectivity index (χ3n) is 4.60. The summed E-state index contributed by atoms with van der Waals surface area (Å²) in [6, 6.07) is 8.80. The Bertz CT molecular complexity index is 511. The van der Waals surface area contributed by atoms with E-state index in [0.29, 0.717) is 12.0 Å². The third kappa shape index (κ3) is 4.44.